The normalized spacial score (nSPS) is 24.3. The number of amides is 2. The molecule has 1 heterocycles. The Kier molecular flexibility index (Phi) is 8.72. The van der Waals surface area contributed by atoms with Crippen LogP contribution in [0.3, 0.4) is 0 Å². The standard InChI is InChI=1S/C28H39NO5/c1-5-12-29-27(33)22-15-21(17(3)4)25(23(16-30)26(22)28(29)34)24(32)11-10-18(6-2)13-19-8-7-9-20(31)14-19/h7-9,13-14,17,22-24,26,30-32H,5-6,10-12,15-16H2,1-4H3/b18-13+/t22-,23+,24-,26-/m1/s1. The van der Waals surface area contributed by atoms with Crippen molar-refractivity contribution in [2.24, 2.45) is 23.7 Å². The topological polar surface area (TPSA) is 98.1 Å². The van der Waals surface area contributed by atoms with Crippen LogP contribution in [-0.2, 0) is 9.59 Å². The molecule has 4 atom stereocenters. The maximum absolute atomic E-state index is 13.2. The third kappa shape index (κ3) is 5.28. The van der Waals surface area contributed by atoms with Crippen molar-refractivity contribution in [1.82, 2.24) is 4.90 Å². The zero-order valence-electron chi connectivity index (χ0n) is 20.8. The molecule has 2 amide bonds. The monoisotopic (exact) mass is 469 g/mol. The van der Waals surface area contributed by atoms with Gasteiger partial charge in [0.25, 0.3) is 0 Å². The lowest BCUT2D eigenvalue weighted by Gasteiger charge is -2.38. The Bertz CT molecular complexity index is 963. The van der Waals surface area contributed by atoms with Crippen molar-refractivity contribution in [1.29, 1.82) is 0 Å². The van der Waals surface area contributed by atoms with Gasteiger partial charge in [-0.15, -0.1) is 0 Å². The Balaban J connectivity index is 1.86. The number of phenols is 1. The van der Waals surface area contributed by atoms with Gasteiger partial charge in [-0.3, -0.25) is 14.5 Å². The van der Waals surface area contributed by atoms with E-state index in [0.717, 1.165) is 28.7 Å². The van der Waals surface area contributed by atoms with E-state index in [1.54, 1.807) is 18.2 Å². The second-order valence-electron chi connectivity index (χ2n) is 9.89. The second-order valence-corrected chi connectivity index (χ2v) is 9.89. The van der Waals surface area contributed by atoms with Crippen LogP contribution in [0.4, 0.5) is 0 Å². The Morgan fingerprint density at radius 1 is 1.21 bits per heavy atom. The maximum atomic E-state index is 13.2. The van der Waals surface area contributed by atoms with Crippen molar-refractivity contribution >= 4 is 17.9 Å². The van der Waals surface area contributed by atoms with Gasteiger partial charge < -0.3 is 15.3 Å². The molecular formula is C28H39NO5. The summed E-state index contributed by atoms with van der Waals surface area (Å²) in [5, 5.41) is 31.4. The molecule has 6 heteroatoms. The maximum Gasteiger partial charge on any atom is 0.233 e. The molecule has 1 aliphatic carbocycles. The van der Waals surface area contributed by atoms with Crippen LogP contribution in [-0.4, -0.2) is 51.3 Å². The van der Waals surface area contributed by atoms with Gasteiger partial charge in [-0.05, 0) is 61.3 Å². The van der Waals surface area contributed by atoms with Crippen LogP contribution in [0.1, 0.15) is 65.4 Å². The van der Waals surface area contributed by atoms with Gasteiger partial charge in [0.1, 0.15) is 5.75 Å². The molecule has 0 unspecified atom stereocenters. The molecule has 0 saturated carbocycles. The highest BCUT2D eigenvalue weighted by atomic mass is 16.3. The molecule has 1 saturated heterocycles. The smallest absolute Gasteiger partial charge is 0.233 e. The van der Waals surface area contributed by atoms with E-state index in [1.165, 1.54) is 4.90 Å². The number of benzene rings is 1. The summed E-state index contributed by atoms with van der Waals surface area (Å²) in [5.41, 5.74) is 3.81. The summed E-state index contributed by atoms with van der Waals surface area (Å²) < 4.78 is 0. The number of allylic oxidation sites excluding steroid dienone is 2. The second kappa shape index (κ2) is 11.3. The summed E-state index contributed by atoms with van der Waals surface area (Å²) in [4.78, 5) is 27.5. The Morgan fingerprint density at radius 2 is 1.94 bits per heavy atom. The summed E-state index contributed by atoms with van der Waals surface area (Å²) in [6.45, 7) is 8.23. The molecule has 0 bridgehead atoms. The zero-order valence-corrected chi connectivity index (χ0v) is 20.8. The number of aliphatic hydroxyl groups excluding tert-OH is 2. The molecule has 1 aliphatic heterocycles. The summed E-state index contributed by atoms with van der Waals surface area (Å²) in [6.07, 6.45) is 4.35. The van der Waals surface area contributed by atoms with E-state index in [4.69, 9.17) is 0 Å². The Labute approximate surface area is 203 Å². The lowest BCUT2D eigenvalue weighted by atomic mass is 9.66. The minimum absolute atomic E-state index is 0.108. The number of aliphatic hydroxyl groups is 2. The minimum atomic E-state index is -0.794. The fourth-order valence-corrected chi connectivity index (χ4v) is 5.63. The number of likely N-dealkylation sites (tertiary alicyclic amines) is 1. The molecule has 1 aromatic rings. The first-order valence-corrected chi connectivity index (χ1v) is 12.6. The van der Waals surface area contributed by atoms with Gasteiger partial charge in [0.05, 0.1) is 24.5 Å². The highest BCUT2D eigenvalue weighted by molar-refractivity contribution is 6.05. The molecule has 3 N–H and O–H groups in total. The van der Waals surface area contributed by atoms with Crippen LogP contribution < -0.4 is 0 Å². The van der Waals surface area contributed by atoms with Crippen molar-refractivity contribution in [3.63, 3.8) is 0 Å². The lowest BCUT2D eigenvalue weighted by Crippen LogP contribution is -2.40. The van der Waals surface area contributed by atoms with Gasteiger partial charge in [-0.1, -0.05) is 57.0 Å². The molecular weight excluding hydrogens is 430 g/mol. The summed E-state index contributed by atoms with van der Waals surface area (Å²) in [6, 6.07) is 7.07. The number of hydrogen-bond donors (Lipinski definition) is 3. The quantitative estimate of drug-likeness (QED) is 0.351. The molecule has 6 nitrogen and oxygen atoms in total. The van der Waals surface area contributed by atoms with E-state index in [1.807, 2.05) is 32.9 Å². The van der Waals surface area contributed by atoms with Gasteiger partial charge in [-0.2, -0.15) is 0 Å². The highest BCUT2D eigenvalue weighted by Gasteiger charge is 2.54. The molecule has 2 aliphatic rings. The number of hydrogen-bond acceptors (Lipinski definition) is 5. The van der Waals surface area contributed by atoms with Crippen LogP contribution >= 0.6 is 0 Å². The van der Waals surface area contributed by atoms with Gasteiger partial charge in [-0.25, -0.2) is 0 Å². The number of nitrogens with zero attached hydrogens (tertiary/aromatic N) is 1. The van der Waals surface area contributed by atoms with E-state index in [2.05, 4.69) is 6.92 Å². The first kappa shape index (κ1) is 26.2. The average Bonchev–Trinajstić information content (AvgIpc) is 3.05. The third-order valence-electron chi connectivity index (χ3n) is 7.35. The Morgan fingerprint density at radius 3 is 2.53 bits per heavy atom. The zero-order chi connectivity index (χ0) is 25.0. The van der Waals surface area contributed by atoms with Crippen molar-refractivity contribution in [2.45, 2.75) is 65.9 Å². The van der Waals surface area contributed by atoms with Crippen LogP contribution in [0.2, 0.25) is 0 Å². The van der Waals surface area contributed by atoms with Crippen LogP contribution in [0, 0.1) is 23.7 Å². The van der Waals surface area contributed by atoms with E-state index >= 15 is 0 Å². The van der Waals surface area contributed by atoms with E-state index < -0.39 is 23.9 Å². The minimum Gasteiger partial charge on any atom is -0.508 e. The van der Waals surface area contributed by atoms with Crippen molar-refractivity contribution < 1.29 is 24.9 Å². The predicted molar refractivity (Wildman–Crippen MR) is 133 cm³/mol. The van der Waals surface area contributed by atoms with Gasteiger partial charge >= 0.3 is 0 Å². The van der Waals surface area contributed by atoms with Gasteiger partial charge in [0, 0.05) is 12.5 Å². The number of imide groups is 1. The Hall–Kier alpha value is -2.44. The van der Waals surface area contributed by atoms with Crippen molar-refractivity contribution in [2.75, 3.05) is 13.2 Å². The molecule has 0 spiro atoms. The molecule has 3 rings (SSSR count). The predicted octanol–water partition coefficient (Wildman–Crippen LogP) is 4.30. The largest absolute Gasteiger partial charge is 0.508 e. The SMILES string of the molecule is CCCN1C(=O)[C@@H]2[C@@H](CC(C(C)C)=C([C@H](O)CC/C(=C/c3cccc(O)c3)CC)[C@@H]2CO)C1=O. The van der Waals surface area contributed by atoms with Crippen LogP contribution in [0.5, 0.6) is 5.75 Å². The van der Waals surface area contributed by atoms with Crippen LogP contribution in [0.25, 0.3) is 6.08 Å². The fourth-order valence-electron chi connectivity index (χ4n) is 5.63. The highest BCUT2D eigenvalue weighted by Crippen LogP contribution is 2.48. The molecule has 1 fully saturated rings. The van der Waals surface area contributed by atoms with Gasteiger partial charge in [0.2, 0.25) is 11.8 Å². The summed E-state index contributed by atoms with van der Waals surface area (Å²) in [7, 11) is 0. The first-order chi connectivity index (χ1) is 16.2. The molecule has 0 radical (unpaired) electrons. The van der Waals surface area contributed by atoms with Crippen molar-refractivity contribution in [3.05, 3.63) is 46.5 Å². The third-order valence-corrected chi connectivity index (χ3v) is 7.35. The molecule has 1 aromatic carbocycles. The number of aromatic hydroxyl groups is 1. The van der Waals surface area contributed by atoms with E-state index in [0.29, 0.717) is 32.2 Å². The first-order valence-electron chi connectivity index (χ1n) is 12.6. The van der Waals surface area contributed by atoms with Gasteiger partial charge in [0.15, 0.2) is 0 Å². The number of phenolic OH excluding ortho intramolecular Hbond substituents is 1. The number of fused-ring (bicyclic) bond motifs is 1. The average molecular weight is 470 g/mol. The summed E-state index contributed by atoms with van der Waals surface area (Å²) >= 11 is 0. The fraction of sp³-hybridized carbons (Fsp3) is 0.571. The van der Waals surface area contributed by atoms with Crippen molar-refractivity contribution in [3.8, 4) is 5.75 Å². The summed E-state index contributed by atoms with van der Waals surface area (Å²) in [5.74, 6) is -1.59. The molecule has 34 heavy (non-hydrogen) atoms. The van der Waals surface area contributed by atoms with Crippen LogP contribution in [0.15, 0.2) is 41.0 Å². The van der Waals surface area contributed by atoms with E-state index in [-0.39, 0.29) is 30.1 Å². The molecule has 186 valence electrons. The number of rotatable bonds is 10. The number of carbonyl (C=O) groups is 2. The van der Waals surface area contributed by atoms with E-state index in [9.17, 15) is 24.9 Å². The molecule has 0 aromatic heterocycles. The lowest BCUT2D eigenvalue weighted by molar-refractivity contribution is -0.140. The number of carbonyl (C=O) groups excluding carboxylic acids is 2.